The van der Waals surface area contributed by atoms with E-state index < -0.39 is 30.5 Å². The highest BCUT2D eigenvalue weighted by Gasteiger charge is 2.57. The predicted molar refractivity (Wildman–Crippen MR) is 143 cm³/mol. The van der Waals surface area contributed by atoms with E-state index in [0.717, 1.165) is 28.0 Å². The van der Waals surface area contributed by atoms with E-state index in [2.05, 4.69) is 0 Å². The van der Waals surface area contributed by atoms with Gasteiger partial charge in [-0.25, -0.2) is 4.39 Å². The maximum absolute atomic E-state index is 13.8. The van der Waals surface area contributed by atoms with Gasteiger partial charge in [-0.2, -0.15) is 0 Å². The first-order chi connectivity index (χ1) is 18.7. The van der Waals surface area contributed by atoms with E-state index >= 15 is 0 Å². The van der Waals surface area contributed by atoms with E-state index in [1.54, 1.807) is 18.2 Å². The number of allylic oxidation sites excluding steroid dienone is 1. The van der Waals surface area contributed by atoms with Crippen LogP contribution in [0.5, 0.6) is 5.75 Å². The average molecular weight is 535 g/mol. The number of halogens is 1. The number of rotatable bonds is 8. The van der Waals surface area contributed by atoms with Gasteiger partial charge < -0.3 is 25.0 Å². The molecule has 0 aromatic heterocycles. The Morgan fingerprint density at radius 2 is 1.95 bits per heavy atom. The lowest BCUT2D eigenvalue weighted by molar-refractivity contribution is -0.122. The van der Waals surface area contributed by atoms with Crippen molar-refractivity contribution in [1.29, 1.82) is 0 Å². The number of benzene rings is 2. The summed E-state index contributed by atoms with van der Waals surface area (Å²) < 4.78 is 19.9. The monoisotopic (exact) mass is 535 g/mol. The van der Waals surface area contributed by atoms with Crippen LogP contribution in [0.25, 0.3) is 6.08 Å². The number of nitrogens with zero attached hydrogens (tertiary/aromatic N) is 1. The summed E-state index contributed by atoms with van der Waals surface area (Å²) in [6.07, 6.45) is 3.84. The Morgan fingerprint density at radius 1 is 1.15 bits per heavy atom. The minimum Gasteiger partial charge on any atom is -0.505 e. The minimum atomic E-state index is -1.73. The fourth-order valence-electron chi connectivity index (χ4n) is 6.21. The van der Waals surface area contributed by atoms with Gasteiger partial charge in [0.15, 0.2) is 11.6 Å². The first-order valence-electron chi connectivity index (χ1n) is 13.2. The Morgan fingerprint density at radius 3 is 2.64 bits per heavy atom. The maximum Gasteiger partial charge on any atom is 0.488 e. The molecule has 4 N–H and O–H groups in total. The van der Waals surface area contributed by atoms with Gasteiger partial charge in [-0.15, -0.1) is 0 Å². The molecule has 2 fully saturated rings. The van der Waals surface area contributed by atoms with Crippen LogP contribution in [-0.4, -0.2) is 58.5 Å². The van der Waals surface area contributed by atoms with E-state index in [9.17, 15) is 34.2 Å². The molecule has 0 spiro atoms. The Labute approximate surface area is 226 Å². The predicted octanol–water partition coefficient (Wildman–Crippen LogP) is 2.30. The Hall–Kier alpha value is -3.31. The highest BCUT2D eigenvalue weighted by Crippen LogP contribution is 2.50. The van der Waals surface area contributed by atoms with Gasteiger partial charge in [0.25, 0.3) is 0 Å². The molecule has 0 saturated carbocycles. The lowest BCUT2D eigenvalue weighted by Crippen LogP contribution is -2.35. The van der Waals surface area contributed by atoms with Crippen molar-refractivity contribution in [3.63, 3.8) is 0 Å². The van der Waals surface area contributed by atoms with E-state index in [0.29, 0.717) is 18.4 Å². The Kier molecular flexibility index (Phi) is 7.73. The molecule has 2 heterocycles. The number of aromatic hydroxyl groups is 1. The number of aliphatic hydroxyl groups excluding tert-OH is 1. The smallest absolute Gasteiger partial charge is 0.488 e. The van der Waals surface area contributed by atoms with Gasteiger partial charge in [-0.05, 0) is 72.1 Å². The van der Waals surface area contributed by atoms with Gasteiger partial charge in [0.1, 0.15) is 0 Å². The molecule has 5 rings (SSSR count). The van der Waals surface area contributed by atoms with Crippen LogP contribution in [0.15, 0.2) is 59.2 Å². The van der Waals surface area contributed by atoms with Crippen LogP contribution in [0.1, 0.15) is 38.2 Å². The third-order valence-corrected chi connectivity index (χ3v) is 8.15. The number of ether oxygens (including phenoxy) is 1. The number of phenols is 1. The largest absolute Gasteiger partial charge is 0.505 e. The number of aliphatic hydroxyl groups is 1. The molecule has 10 heteroatoms. The number of hydrogen-bond donors (Lipinski definition) is 4. The van der Waals surface area contributed by atoms with Crippen LogP contribution in [0, 0.1) is 23.6 Å². The van der Waals surface area contributed by atoms with Crippen molar-refractivity contribution in [2.24, 2.45) is 17.8 Å². The average Bonchev–Trinajstić information content (AvgIpc) is 3.46. The van der Waals surface area contributed by atoms with Crippen LogP contribution in [-0.2, 0) is 14.3 Å². The molecule has 0 radical (unpaired) electrons. The van der Waals surface area contributed by atoms with Crippen LogP contribution >= 0.6 is 0 Å². The second-order valence-electron chi connectivity index (χ2n) is 10.4. The molecular weight excluding hydrogens is 504 g/mol. The number of carbonyl (C=O) groups is 2. The van der Waals surface area contributed by atoms with E-state index in [1.807, 2.05) is 13.0 Å². The van der Waals surface area contributed by atoms with E-state index in [1.165, 1.54) is 24.3 Å². The fraction of sp³-hybridized carbons (Fsp3) is 0.379. The molecule has 39 heavy (non-hydrogen) atoms. The third-order valence-electron chi connectivity index (χ3n) is 8.15. The van der Waals surface area contributed by atoms with Crippen LogP contribution in [0.2, 0.25) is 0 Å². The van der Waals surface area contributed by atoms with Crippen molar-refractivity contribution in [3.8, 4) is 5.75 Å². The molecule has 4 atom stereocenters. The number of phenolic OH excluding ortho intramolecular Hbond substituents is 1. The molecule has 204 valence electrons. The zero-order valence-corrected chi connectivity index (χ0v) is 21.6. The number of hydrogen-bond acceptors (Lipinski definition) is 7. The molecule has 0 bridgehead atoms. The van der Waals surface area contributed by atoms with Gasteiger partial charge in [0.05, 0.1) is 36.8 Å². The highest BCUT2D eigenvalue weighted by atomic mass is 19.1. The molecule has 2 aromatic carbocycles. The summed E-state index contributed by atoms with van der Waals surface area (Å²) in [5.74, 6) is -3.34. The second kappa shape index (κ2) is 11.1. The van der Waals surface area contributed by atoms with Crippen LogP contribution < -0.4 is 10.4 Å². The van der Waals surface area contributed by atoms with E-state index in [4.69, 9.17) is 4.74 Å². The Bertz CT molecular complexity index is 1360. The summed E-state index contributed by atoms with van der Waals surface area (Å²) in [5, 5.41) is 38.8. The normalized spacial score (nSPS) is 24.8. The topological polar surface area (TPSA) is 128 Å². The van der Waals surface area contributed by atoms with Crippen molar-refractivity contribution < 1.29 is 39.0 Å². The summed E-state index contributed by atoms with van der Waals surface area (Å²) in [5.41, 5.74) is 3.81. The van der Waals surface area contributed by atoms with Crippen molar-refractivity contribution in [1.82, 2.24) is 0 Å². The number of amides is 2. The van der Waals surface area contributed by atoms with Gasteiger partial charge in [0.2, 0.25) is 11.8 Å². The Balaban J connectivity index is 1.36. The van der Waals surface area contributed by atoms with Crippen LogP contribution in [0.3, 0.4) is 0 Å². The molecular formula is C29H31BFNO7. The number of fused-ring (bicyclic) bond motifs is 3. The summed E-state index contributed by atoms with van der Waals surface area (Å²) >= 11 is 0. The van der Waals surface area contributed by atoms with Crippen molar-refractivity contribution in [3.05, 3.63) is 70.6 Å². The van der Waals surface area contributed by atoms with Gasteiger partial charge in [-0.1, -0.05) is 36.8 Å². The number of imide groups is 1. The summed E-state index contributed by atoms with van der Waals surface area (Å²) in [4.78, 5) is 28.2. The highest BCUT2D eigenvalue weighted by molar-refractivity contribution is 6.58. The zero-order chi connectivity index (χ0) is 27.8. The summed E-state index contributed by atoms with van der Waals surface area (Å²) in [6, 6.07) is 10.3. The molecule has 2 amide bonds. The molecule has 1 aliphatic carbocycles. The number of anilines is 1. The fourth-order valence-corrected chi connectivity index (χ4v) is 6.21. The molecule has 2 saturated heterocycles. The SMILES string of the molecule is CC/C(=C\c1ccc(O)c(F)c1)CC[C@H]1OC[C@H]2C1=C(CO)C[C@H]1C(=O)N(c3cccc(B(O)O)c3)C(=O)[C@H]12. The van der Waals surface area contributed by atoms with E-state index in [-0.39, 0.29) is 54.6 Å². The molecule has 0 unspecified atom stereocenters. The van der Waals surface area contributed by atoms with Crippen molar-refractivity contribution >= 4 is 36.2 Å². The molecule has 2 aromatic rings. The van der Waals surface area contributed by atoms with Crippen LogP contribution in [0.4, 0.5) is 10.1 Å². The second-order valence-corrected chi connectivity index (χ2v) is 10.4. The zero-order valence-electron chi connectivity index (χ0n) is 21.6. The summed E-state index contributed by atoms with van der Waals surface area (Å²) in [7, 11) is -1.73. The standard InChI is InChI=1S/C29H31BFNO7/c1-2-16(10-17-6-8-24(34)23(31)11-17)7-9-25-26-18(14-33)12-21-27(22(26)15-39-25)29(36)32(28(21)35)20-5-3-4-19(13-20)30(37)38/h3-6,8,10-11,13,21-22,25,27,33-34,37-38H,2,7,9,12,14-15H2,1H3/b16-10+/t21-,22+,25-,27-/m1/s1. The first-order valence-corrected chi connectivity index (χ1v) is 13.2. The summed E-state index contributed by atoms with van der Waals surface area (Å²) in [6.45, 7) is 2.04. The lowest BCUT2D eigenvalue weighted by atomic mass is 9.69. The van der Waals surface area contributed by atoms with Gasteiger partial charge in [0, 0.05) is 5.92 Å². The van der Waals surface area contributed by atoms with Crippen molar-refractivity contribution in [2.75, 3.05) is 18.1 Å². The third kappa shape index (κ3) is 5.05. The molecule has 3 aliphatic rings. The first kappa shape index (κ1) is 27.3. The maximum atomic E-state index is 13.8. The number of carbonyl (C=O) groups excluding carboxylic acids is 2. The van der Waals surface area contributed by atoms with Gasteiger partial charge in [-0.3, -0.25) is 14.5 Å². The molecule has 8 nitrogen and oxygen atoms in total. The lowest BCUT2D eigenvalue weighted by Gasteiger charge is -2.31. The minimum absolute atomic E-state index is 0.178. The van der Waals surface area contributed by atoms with Crippen molar-refractivity contribution in [2.45, 2.75) is 38.7 Å². The molecule has 2 aliphatic heterocycles. The van der Waals surface area contributed by atoms with Gasteiger partial charge >= 0.3 is 7.12 Å². The quantitative estimate of drug-likeness (QED) is 0.232.